The molecule has 0 bridgehead atoms. The number of aromatic nitrogens is 5. The molecule has 0 aliphatic carbocycles. The maximum absolute atomic E-state index is 15.0. The zero-order valence-corrected chi connectivity index (χ0v) is 19.4. The summed E-state index contributed by atoms with van der Waals surface area (Å²) in [5, 5.41) is 7.49. The predicted molar refractivity (Wildman–Crippen MR) is 125 cm³/mol. The topological polar surface area (TPSA) is 105 Å². The molecule has 3 heterocycles. The van der Waals surface area contributed by atoms with E-state index in [2.05, 4.69) is 33.5 Å². The van der Waals surface area contributed by atoms with Crippen molar-refractivity contribution >= 4 is 37.3 Å². The van der Waals surface area contributed by atoms with Crippen molar-refractivity contribution in [3.63, 3.8) is 0 Å². The van der Waals surface area contributed by atoms with Crippen LogP contribution in [0.3, 0.4) is 0 Å². The minimum absolute atomic E-state index is 0.0740. The number of nitrogen functional groups attached to an aromatic ring is 1. The summed E-state index contributed by atoms with van der Waals surface area (Å²) in [6, 6.07) is 9.70. The minimum atomic E-state index is -0.722. The summed E-state index contributed by atoms with van der Waals surface area (Å²) in [6.07, 6.45) is 3.14. The molecule has 0 saturated carbocycles. The Labute approximate surface area is 186 Å². The lowest BCUT2D eigenvalue weighted by Gasteiger charge is -2.11. The average molecular weight is 456 g/mol. The van der Waals surface area contributed by atoms with Crippen LogP contribution in [-0.4, -0.2) is 39.7 Å². The highest BCUT2D eigenvalue weighted by Gasteiger charge is 2.20. The number of nitrogens with zero attached hydrogens (tertiary/aromatic N) is 5. The number of hydrogen-bond acceptors (Lipinski definition) is 7. The van der Waals surface area contributed by atoms with E-state index >= 15 is 0 Å². The number of fused-ring (bicyclic) bond motifs is 1. The second-order valence-corrected chi connectivity index (χ2v) is 11.3. The molecule has 32 heavy (non-hydrogen) atoms. The van der Waals surface area contributed by atoms with Crippen molar-refractivity contribution in [1.82, 2.24) is 24.3 Å². The van der Waals surface area contributed by atoms with E-state index in [9.17, 15) is 4.39 Å². The molecule has 0 fully saturated rings. The number of rotatable bonds is 9. The van der Waals surface area contributed by atoms with Crippen molar-refractivity contribution in [2.24, 2.45) is 7.05 Å². The Morgan fingerprint density at radius 2 is 2.06 bits per heavy atom. The molecule has 4 aromatic rings. The van der Waals surface area contributed by atoms with Gasteiger partial charge < -0.3 is 25.1 Å². The van der Waals surface area contributed by atoms with Crippen molar-refractivity contribution < 1.29 is 13.9 Å². The van der Waals surface area contributed by atoms with E-state index in [4.69, 9.17) is 15.2 Å². The van der Waals surface area contributed by atoms with Gasteiger partial charge in [0.15, 0.2) is 17.3 Å². The van der Waals surface area contributed by atoms with Crippen LogP contribution in [0.5, 0.6) is 11.6 Å². The van der Waals surface area contributed by atoms with E-state index in [1.165, 1.54) is 6.20 Å². The van der Waals surface area contributed by atoms with Gasteiger partial charge in [0, 0.05) is 52.7 Å². The van der Waals surface area contributed by atoms with Crippen LogP contribution in [0.15, 0.2) is 42.7 Å². The molecule has 11 heteroatoms. The van der Waals surface area contributed by atoms with Gasteiger partial charge in [-0.3, -0.25) is 4.68 Å². The van der Waals surface area contributed by atoms with E-state index in [-0.39, 0.29) is 23.9 Å². The Morgan fingerprint density at radius 1 is 1.22 bits per heavy atom. The minimum Gasteiger partial charge on any atom is -0.438 e. The van der Waals surface area contributed by atoms with Crippen LogP contribution in [0.2, 0.25) is 19.1 Å². The quantitative estimate of drug-likeness (QED) is 0.224. The summed E-state index contributed by atoms with van der Waals surface area (Å²) in [5.41, 5.74) is 6.74. The average Bonchev–Trinajstić information content (AvgIpc) is 3.28. The normalized spacial score (nSPS) is 11.4. The molecular formula is C21H26FN7O2Si. The SMILES string of the molecule is Cn1ccc(Nc2nc(Oc3cccc(N)c3)c3c(F)cn(COCC[SiH](C)C)c3n2)n1. The van der Waals surface area contributed by atoms with Crippen LogP contribution in [0, 0.1) is 5.82 Å². The maximum Gasteiger partial charge on any atom is 0.236 e. The Balaban J connectivity index is 1.71. The van der Waals surface area contributed by atoms with Gasteiger partial charge >= 0.3 is 0 Å². The lowest BCUT2D eigenvalue weighted by atomic mass is 10.3. The summed E-state index contributed by atoms with van der Waals surface area (Å²) in [6.45, 7) is 5.33. The van der Waals surface area contributed by atoms with Gasteiger partial charge in [0.25, 0.3) is 0 Å². The second-order valence-electron chi connectivity index (χ2n) is 7.89. The van der Waals surface area contributed by atoms with Crippen molar-refractivity contribution in [3.05, 3.63) is 48.5 Å². The van der Waals surface area contributed by atoms with Crippen LogP contribution in [0.4, 0.5) is 21.8 Å². The first-order valence-corrected chi connectivity index (χ1v) is 13.5. The van der Waals surface area contributed by atoms with Crippen molar-refractivity contribution in [3.8, 4) is 11.6 Å². The van der Waals surface area contributed by atoms with Gasteiger partial charge in [0.05, 0.1) is 0 Å². The molecule has 0 unspecified atom stereocenters. The number of ether oxygens (including phenoxy) is 2. The maximum atomic E-state index is 15.0. The predicted octanol–water partition coefficient (Wildman–Crippen LogP) is 3.88. The van der Waals surface area contributed by atoms with Gasteiger partial charge in [0.2, 0.25) is 11.8 Å². The molecule has 9 nitrogen and oxygen atoms in total. The van der Waals surface area contributed by atoms with E-state index in [0.717, 1.165) is 6.04 Å². The van der Waals surface area contributed by atoms with Crippen LogP contribution >= 0.6 is 0 Å². The molecule has 0 radical (unpaired) electrons. The van der Waals surface area contributed by atoms with E-state index < -0.39 is 14.6 Å². The van der Waals surface area contributed by atoms with Gasteiger partial charge in [-0.05, 0) is 18.2 Å². The number of nitrogens with one attached hydrogen (secondary N) is 1. The Bertz CT molecular complexity index is 1220. The van der Waals surface area contributed by atoms with Crippen LogP contribution in [0.25, 0.3) is 11.0 Å². The molecule has 3 aromatic heterocycles. The molecule has 0 saturated heterocycles. The number of nitrogens with two attached hydrogens (primary N) is 1. The second kappa shape index (κ2) is 9.36. The third-order valence-corrected chi connectivity index (χ3v) is 6.12. The zero-order valence-electron chi connectivity index (χ0n) is 18.2. The summed E-state index contributed by atoms with van der Waals surface area (Å²) in [5.74, 6) is 0.802. The van der Waals surface area contributed by atoms with Gasteiger partial charge in [-0.15, -0.1) is 0 Å². The van der Waals surface area contributed by atoms with Gasteiger partial charge in [0.1, 0.15) is 17.9 Å². The van der Waals surface area contributed by atoms with Crippen LogP contribution < -0.4 is 15.8 Å². The third kappa shape index (κ3) is 5.06. The highest BCUT2D eigenvalue weighted by atomic mass is 28.3. The number of benzene rings is 1. The van der Waals surface area contributed by atoms with Crippen molar-refractivity contribution in [1.29, 1.82) is 0 Å². The summed E-state index contributed by atoms with van der Waals surface area (Å²) < 4.78 is 29.9. The number of halogens is 1. The first kappa shape index (κ1) is 21.8. The van der Waals surface area contributed by atoms with Gasteiger partial charge in [-0.1, -0.05) is 19.2 Å². The Kier molecular flexibility index (Phi) is 6.37. The Hall–Kier alpha value is -3.44. The lowest BCUT2D eigenvalue weighted by molar-refractivity contribution is 0.0899. The van der Waals surface area contributed by atoms with Gasteiger partial charge in [-0.25, -0.2) is 4.39 Å². The molecule has 1 aromatic carbocycles. The number of anilines is 3. The smallest absolute Gasteiger partial charge is 0.236 e. The molecule has 0 aliphatic rings. The standard InChI is InChI=1S/C21H26FN7O2Si/c1-28-8-7-17(27-28)24-21-25-19-18(16(22)12-29(19)13-30-9-10-32(2)3)20(26-21)31-15-6-4-5-14(23)11-15/h4-8,11-12,32H,9-10,13,23H2,1-3H3,(H,24,25,26,27). The number of aryl methyl sites for hydroxylation is 1. The van der Waals surface area contributed by atoms with Crippen molar-refractivity contribution in [2.75, 3.05) is 17.7 Å². The first-order chi connectivity index (χ1) is 15.4. The zero-order chi connectivity index (χ0) is 22.7. The molecule has 4 rings (SSSR count). The number of hydrogen-bond donors (Lipinski definition) is 2. The lowest BCUT2D eigenvalue weighted by Crippen LogP contribution is -2.09. The van der Waals surface area contributed by atoms with Crippen LogP contribution in [0.1, 0.15) is 0 Å². The van der Waals surface area contributed by atoms with E-state index in [1.807, 2.05) is 7.05 Å². The fourth-order valence-corrected chi connectivity index (χ4v) is 3.74. The van der Waals surface area contributed by atoms with E-state index in [1.54, 1.807) is 45.8 Å². The highest BCUT2D eigenvalue weighted by molar-refractivity contribution is 6.55. The third-order valence-electron chi connectivity index (χ3n) is 4.73. The summed E-state index contributed by atoms with van der Waals surface area (Å²) in [7, 11) is 1.09. The largest absolute Gasteiger partial charge is 0.438 e. The Morgan fingerprint density at radius 3 is 2.78 bits per heavy atom. The monoisotopic (exact) mass is 455 g/mol. The van der Waals surface area contributed by atoms with Gasteiger partial charge in [-0.2, -0.15) is 15.1 Å². The first-order valence-electron chi connectivity index (χ1n) is 10.3. The summed E-state index contributed by atoms with van der Waals surface area (Å²) >= 11 is 0. The fraction of sp³-hybridized carbons (Fsp3) is 0.286. The molecule has 0 amide bonds. The molecule has 0 atom stereocenters. The summed E-state index contributed by atoms with van der Waals surface area (Å²) in [4.78, 5) is 8.91. The van der Waals surface area contributed by atoms with E-state index in [0.29, 0.717) is 29.5 Å². The highest BCUT2D eigenvalue weighted by Crippen LogP contribution is 2.33. The van der Waals surface area contributed by atoms with Crippen LogP contribution in [-0.2, 0) is 18.5 Å². The fourth-order valence-electron chi connectivity index (χ4n) is 3.10. The molecule has 0 aliphatic heterocycles. The molecule has 3 N–H and O–H groups in total. The molecule has 168 valence electrons. The molecular weight excluding hydrogens is 429 g/mol. The van der Waals surface area contributed by atoms with Crippen molar-refractivity contribution in [2.45, 2.75) is 25.9 Å². The molecule has 0 spiro atoms.